The van der Waals surface area contributed by atoms with Gasteiger partial charge in [-0.25, -0.2) is 8.78 Å². The van der Waals surface area contributed by atoms with Crippen molar-refractivity contribution in [1.29, 1.82) is 0 Å². The second kappa shape index (κ2) is 12.0. The molecular formula is C33H35F2N7O4. The zero-order valence-electron chi connectivity index (χ0n) is 25.5. The van der Waals surface area contributed by atoms with Gasteiger partial charge in [0.2, 0.25) is 12.3 Å². The number of likely N-dealkylation sites (N-methyl/N-ethyl adjacent to an activating group) is 1. The van der Waals surface area contributed by atoms with Crippen LogP contribution < -0.4 is 20.3 Å². The van der Waals surface area contributed by atoms with Gasteiger partial charge in [0.1, 0.15) is 29.5 Å². The Kier molecular flexibility index (Phi) is 7.89. The molecule has 3 saturated heterocycles. The third kappa shape index (κ3) is 5.07. The number of carbonyl (C=O) groups excluding carboxylic acids is 2. The van der Waals surface area contributed by atoms with Crippen LogP contribution in [0.25, 0.3) is 32.9 Å². The number of fused-ring (bicyclic) bond motifs is 3. The molecule has 0 bridgehead atoms. The van der Waals surface area contributed by atoms with Crippen LogP contribution in [0.15, 0.2) is 42.6 Å². The summed E-state index contributed by atoms with van der Waals surface area (Å²) in [6, 6.07) is 9.80. The number of amides is 2. The number of rotatable bonds is 8. The fraction of sp³-hybridized carbons (Fsp3) is 0.424. The molecule has 0 radical (unpaired) electrons. The Morgan fingerprint density at radius 1 is 1.11 bits per heavy atom. The van der Waals surface area contributed by atoms with E-state index in [1.54, 1.807) is 35.2 Å². The molecular weight excluding hydrogens is 596 g/mol. The summed E-state index contributed by atoms with van der Waals surface area (Å²) < 4.78 is 43.9. The molecule has 7 rings (SSSR count). The van der Waals surface area contributed by atoms with Crippen LogP contribution in [0.1, 0.15) is 25.7 Å². The Labute approximate surface area is 264 Å². The quantitative estimate of drug-likeness (QED) is 0.283. The lowest BCUT2D eigenvalue weighted by Crippen LogP contribution is -2.63. The Bertz CT molecular complexity index is 1810. The lowest BCUT2D eigenvalue weighted by atomic mass is 9.95. The number of ether oxygens (including phenoxy) is 2. The predicted molar refractivity (Wildman–Crippen MR) is 167 cm³/mol. The maximum atomic E-state index is 16.7. The number of hydrogen-bond acceptors (Lipinski definition) is 9. The minimum Gasteiger partial charge on any atom is -0.461 e. The molecule has 13 heteroatoms. The van der Waals surface area contributed by atoms with Gasteiger partial charge in [0.05, 0.1) is 30.7 Å². The summed E-state index contributed by atoms with van der Waals surface area (Å²) in [5.74, 6) is -1.41. The average Bonchev–Trinajstić information content (AvgIpc) is 3.58. The molecule has 3 aliphatic rings. The van der Waals surface area contributed by atoms with Crippen molar-refractivity contribution in [2.45, 2.75) is 36.8 Å². The van der Waals surface area contributed by atoms with Crippen molar-refractivity contribution < 1.29 is 27.8 Å². The zero-order valence-corrected chi connectivity index (χ0v) is 25.5. The maximum absolute atomic E-state index is 16.7. The Morgan fingerprint density at radius 2 is 1.89 bits per heavy atom. The molecule has 2 N–H and O–H groups in total. The third-order valence-electron chi connectivity index (χ3n) is 9.64. The summed E-state index contributed by atoms with van der Waals surface area (Å²) >= 11 is 0. The highest BCUT2D eigenvalue weighted by Gasteiger charge is 2.45. The van der Waals surface area contributed by atoms with Crippen LogP contribution in [0, 0.1) is 11.6 Å². The highest BCUT2D eigenvalue weighted by Crippen LogP contribution is 2.40. The average molecular weight is 632 g/mol. The van der Waals surface area contributed by atoms with Crippen molar-refractivity contribution in [3.63, 3.8) is 0 Å². The van der Waals surface area contributed by atoms with E-state index < -0.39 is 23.1 Å². The molecule has 1 unspecified atom stereocenters. The topological polar surface area (TPSA) is 122 Å². The minimum absolute atomic E-state index is 0.0187. The van der Waals surface area contributed by atoms with E-state index >= 15 is 8.78 Å². The van der Waals surface area contributed by atoms with Crippen LogP contribution in [0.5, 0.6) is 6.01 Å². The molecule has 5 heterocycles. The van der Waals surface area contributed by atoms with Crippen LogP contribution >= 0.6 is 0 Å². The van der Waals surface area contributed by atoms with Crippen molar-refractivity contribution in [1.82, 2.24) is 30.5 Å². The number of nitrogens with one attached hydrogen (secondary N) is 2. The van der Waals surface area contributed by atoms with E-state index in [9.17, 15) is 9.59 Å². The molecule has 11 nitrogen and oxygen atoms in total. The molecule has 3 aliphatic heterocycles. The van der Waals surface area contributed by atoms with Gasteiger partial charge in [-0.15, -0.1) is 0 Å². The first-order valence-electron chi connectivity index (χ1n) is 15.6. The van der Waals surface area contributed by atoms with Gasteiger partial charge >= 0.3 is 6.01 Å². The lowest BCUT2D eigenvalue weighted by molar-refractivity contribution is -0.131. The molecule has 46 heavy (non-hydrogen) atoms. The summed E-state index contributed by atoms with van der Waals surface area (Å²) in [5.41, 5.74) is -1.37. The molecule has 2 aromatic heterocycles. The molecule has 2 aromatic carbocycles. The molecule has 0 aliphatic carbocycles. The molecule has 3 fully saturated rings. The van der Waals surface area contributed by atoms with Crippen molar-refractivity contribution >= 4 is 39.8 Å². The first-order chi connectivity index (χ1) is 22.4. The van der Waals surface area contributed by atoms with Gasteiger partial charge in [0.15, 0.2) is 11.4 Å². The molecule has 1 atom stereocenters. The number of benzene rings is 2. The number of pyridine rings is 1. The van der Waals surface area contributed by atoms with Crippen molar-refractivity contribution in [2.24, 2.45) is 0 Å². The van der Waals surface area contributed by atoms with E-state index in [0.29, 0.717) is 24.0 Å². The van der Waals surface area contributed by atoms with Crippen LogP contribution in [-0.4, -0.2) is 96.3 Å². The van der Waals surface area contributed by atoms with Crippen molar-refractivity contribution in [2.75, 3.05) is 57.9 Å². The second-order valence-electron chi connectivity index (χ2n) is 12.3. The van der Waals surface area contributed by atoms with E-state index in [4.69, 9.17) is 14.5 Å². The minimum atomic E-state index is -1.44. The molecule has 0 saturated carbocycles. The van der Waals surface area contributed by atoms with Gasteiger partial charge in [-0.2, -0.15) is 9.97 Å². The molecule has 2 amide bonds. The summed E-state index contributed by atoms with van der Waals surface area (Å²) in [7, 11) is 1.48. The van der Waals surface area contributed by atoms with E-state index in [2.05, 4.69) is 25.5 Å². The second-order valence-corrected chi connectivity index (χ2v) is 12.3. The van der Waals surface area contributed by atoms with Crippen LogP contribution in [0.4, 0.5) is 14.6 Å². The summed E-state index contributed by atoms with van der Waals surface area (Å²) in [4.78, 5) is 42.7. The van der Waals surface area contributed by atoms with E-state index in [1.165, 1.54) is 19.3 Å². The zero-order chi connectivity index (χ0) is 31.9. The van der Waals surface area contributed by atoms with Crippen LogP contribution in [0.2, 0.25) is 0 Å². The van der Waals surface area contributed by atoms with Crippen LogP contribution in [0.3, 0.4) is 0 Å². The van der Waals surface area contributed by atoms with Gasteiger partial charge in [0, 0.05) is 30.7 Å². The van der Waals surface area contributed by atoms with Gasteiger partial charge in [0.25, 0.3) is 0 Å². The summed E-state index contributed by atoms with van der Waals surface area (Å²) in [6.45, 7) is 2.77. The fourth-order valence-corrected chi connectivity index (χ4v) is 7.36. The predicted octanol–water partition coefficient (Wildman–Crippen LogP) is 3.20. The first-order valence-corrected chi connectivity index (χ1v) is 15.6. The van der Waals surface area contributed by atoms with E-state index in [1.807, 2.05) is 0 Å². The highest BCUT2D eigenvalue weighted by atomic mass is 19.1. The Hall–Kier alpha value is -4.49. The standard InChI is InChI=1S/C33H35F2N7O4/c1-36-30(44)33(38-20-43)17-41(14-15-45-19-33)29-23-16-37-27(22-8-2-6-21-7-3-9-24(34)25(21)22)26(35)28(23)39-31(40-29)46-18-32-10-4-12-42(32)13-5-11-32/h2-3,6-9,16,20H,4-5,10-15,17-19H2,1H3,(H,36,44)(H,38,43). The van der Waals surface area contributed by atoms with Crippen molar-refractivity contribution in [3.05, 3.63) is 54.2 Å². The Balaban J connectivity index is 1.37. The lowest BCUT2D eigenvalue weighted by Gasteiger charge is -2.34. The van der Waals surface area contributed by atoms with E-state index in [0.717, 1.165) is 38.8 Å². The third-order valence-corrected chi connectivity index (χ3v) is 9.64. The highest BCUT2D eigenvalue weighted by molar-refractivity contribution is 5.99. The van der Waals surface area contributed by atoms with Crippen LogP contribution in [-0.2, 0) is 14.3 Å². The normalized spacial score (nSPS) is 21.2. The largest absolute Gasteiger partial charge is 0.461 e. The fourth-order valence-electron chi connectivity index (χ4n) is 7.36. The molecule has 0 spiro atoms. The smallest absolute Gasteiger partial charge is 0.319 e. The Morgan fingerprint density at radius 3 is 2.65 bits per heavy atom. The van der Waals surface area contributed by atoms with Gasteiger partial charge < -0.3 is 25.0 Å². The summed E-state index contributed by atoms with van der Waals surface area (Å²) in [6.07, 6.45) is 6.08. The number of anilines is 1. The van der Waals surface area contributed by atoms with E-state index in [-0.39, 0.29) is 65.7 Å². The maximum Gasteiger partial charge on any atom is 0.319 e. The number of aromatic nitrogens is 3. The molecule has 240 valence electrons. The summed E-state index contributed by atoms with van der Waals surface area (Å²) in [5, 5.41) is 6.38. The number of carbonyl (C=O) groups is 2. The first kappa shape index (κ1) is 30.2. The SMILES string of the molecule is CNC(=O)C1(NC=O)COCCN(c2nc(OCC34CCCN3CCC4)nc3c(F)c(-c4cccc5cccc(F)c45)ncc23)C1. The monoisotopic (exact) mass is 631 g/mol. The number of hydrogen-bond donors (Lipinski definition) is 2. The number of nitrogens with zero attached hydrogens (tertiary/aromatic N) is 5. The molecule has 4 aromatic rings. The van der Waals surface area contributed by atoms with Gasteiger partial charge in [-0.3, -0.25) is 19.5 Å². The van der Waals surface area contributed by atoms with Gasteiger partial charge in [-0.1, -0.05) is 30.3 Å². The number of halogens is 2. The van der Waals surface area contributed by atoms with Gasteiger partial charge in [-0.05, 0) is 50.2 Å². The van der Waals surface area contributed by atoms with Crippen molar-refractivity contribution in [3.8, 4) is 17.3 Å².